The Kier molecular flexibility index (Phi) is 2.56. The third-order valence-electron chi connectivity index (χ3n) is 2.71. The molecule has 0 saturated carbocycles. The van der Waals surface area contributed by atoms with Crippen molar-refractivity contribution in [2.24, 2.45) is 5.73 Å². The molecule has 14 heavy (non-hydrogen) atoms. The Hall–Kier alpha value is -0.870. The zero-order valence-corrected chi connectivity index (χ0v) is 8.73. The highest BCUT2D eigenvalue weighted by atomic mass is 16.5. The molecule has 1 aliphatic rings. The molecule has 2 N–H and O–H groups in total. The number of nitrogens with zero attached hydrogens (tertiary/aromatic N) is 2. The normalized spacial score (nSPS) is 29.4. The van der Waals surface area contributed by atoms with E-state index in [4.69, 9.17) is 10.3 Å². The summed E-state index contributed by atoms with van der Waals surface area (Å²) in [6, 6.07) is 2.26. The predicted molar refractivity (Wildman–Crippen MR) is 54.1 cm³/mol. The molecule has 4 nitrogen and oxygen atoms in total. The Morgan fingerprint density at radius 3 is 2.93 bits per heavy atom. The van der Waals surface area contributed by atoms with Crippen LogP contribution in [0, 0.1) is 6.92 Å². The van der Waals surface area contributed by atoms with Crippen LogP contribution in [0.5, 0.6) is 0 Å². The number of rotatable bonds is 1. The van der Waals surface area contributed by atoms with Crippen LogP contribution in [0.15, 0.2) is 10.6 Å². The first-order chi connectivity index (χ1) is 6.65. The molecule has 0 spiro atoms. The standard InChI is InChI=1S/C10H17N3O/c1-7-3-10(14-12-7)8-4-9(11)6-13(2)5-8/h3,8-9H,4-6,11H2,1-2H3. The summed E-state index contributed by atoms with van der Waals surface area (Å²) in [4.78, 5) is 2.25. The van der Waals surface area contributed by atoms with Gasteiger partial charge in [0.25, 0.3) is 0 Å². The van der Waals surface area contributed by atoms with Gasteiger partial charge in [-0.2, -0.15) is 0 Å². The molecule has 1 aliphatic heterocycles. The zero-order valence-electron chi connectivity index (χ0n) is 8.73. The summed E-state index contributed by atoms with van der Waals surface area (Å²) < 4.78 is 5.27. The van der Waals surface area contributed by atoms with E-state index in [-0.39, 0.29) is 6.04 Å². The number of piperidine rings is 1. The van der Waals surface area contributed by atoms with Gasteiger partial charge in [0.2, 0.25) is 0 Å². The van der Waals surface area contributed by atoms with Crippen LogP contribution in [0.25, 0.3) is 0 Å². The van der Waals surface area contributed by atoms with Crippen molar-refractivity contribution < 1.29 is 4.52 Å². The van der Waals surface area contributed by atoms with Crippen LogP contribution in [-0.2, 0) is 0 Å². The van der Waals surface area contributed by atoms with E-state index in [9.17, 15) is 0 Å². The van der Waals surface area contributed by atoms with Gasteiger partial charge in [0.1, 0.15) is 5.76 Å². The molecule has 2 atom stereocenters. The number of likely N-dealkylation sites (N-methyl/N-ethyl adjacent to an activating group) is 1. The predicted octanol–water partition coefficient (Wildman–Crippen LogP) is 0.729. The molecule has 2 heterocycles. The number of aryl methyl sites for hydroxylation is 1. The first kappa shape index (κ1) is 9.68. The van der Waals surface area contributed by atoms with Crippen LogP contribution in [0.1, 0.15) is 23.8 Å². The molecule has 2 unspecified atom stereocenters. The van der Waals surface area contributed by atoms with Gasteiger partial charge in [0, 0.05) is 31.1 Å². The lowest BCUT2D eigenvalue weighted by Gasteiger charge is -2.32. The van der Waals surface area contributed by atoms with E-state index in [2.05, 4.69) is 17.1 Å². The van der Waals surface area contributed by atoms with Crippen molar-refractivity contribution in [3.8, 4) is 0 Å². The van der Waals surface area contributed by atoms with Gasteiger partial charge < -0.3 is 15.2 Å². The molecule has 0 amide bonds. The van der Waals surface area contributed by atoms with Crippen LogP contribution in [-0.4, -0.2) is 36.2 Å². The Balaban J connectivity index is 2.10. The topological polar surface area (TPSA) is 55.3 Å². The van der Waals surface area contributed by atoms with Crippen molar-refractivity contribution in [1.82, 2.24) is 10.1 Å². The maximum Gasteiger partial charge on any atom is 0.141 e. The molecule has 1 aromatic heterocycles. The minimum atomic E-state index is 0.254. The van der Waals surface area contributed by atoms with Crippen molar-refractivity contribution in [1.29, 1.82) is 0 Å². The van der Waals surface area contributed by atoms with Gasteiger partial charge in [-0.3, -0.25) is 0 Å². The second-order valence-electron chi connectivity index (χ2n) is 4.28. The van der Waals surface area contributed by atoms with E-state index in [0.717, 1.165) is 31.0 Å². The Labute approximate surface area is 84.0 Å². The molecule has 1 saturated heterocycles. The monoisotopic (exact) mass is 195 g/mol. The van der Waals surface area contributed by atoms with Gasteiger partial charge in [-0.1, -0.05) is 5.16 Å². The van der Waals surface area contributed by atoms with Crippen molar-refractivity contribution in [3.05, 3.63) is 17.5 Å². The third kappa shape index (κ3) is 1.96. The smallest absolute Gasteiger partial charge is 0.141 e. The van der Waals surface area contributed by atoms with Crippen molar-refractivity contribution in [2.75, 3.05) is 20.1 Å². The van der Waals surface area contributed by atoms with E-state index >= 15 is 0 Å². The van der Waals surface area contributed by atoms with Crippen LogP contribution >= 0.6 is 0 Å². The average molecular weight is 195 g/mol. The summed E-state index contributed by atoms with van der Waals surface area (Å²) in [6.45, 7) is 3.94. The van der Waals surface area contributed by atoms with Crippen molar-refractivity contribution >= 4 is 0 Å². The fraction of sp³-hybridized carbons (Fsp3) is 0.700. The highest BCUT2D eigenvalue weighted by Crippen LogP contribution is 2.25. The minimum Gasteiger partial charge on any atom is -0.361 e. The lowest BCUT2D eigenvalue weighted by Crippen LogP contribution is -2.44. The van der Waals surface area contributed by atoms with Gasteiger partial charge in [-0.25, -0.2) is 0 Å². The summed E-state index contributed by atoms with van der Waals surface area (Å²) in [5.74, 6) is 1.38. The van der Waals surface area contributed by atoms with Gasteiger partial charge in [0.15, 0.2) is 0 Å². The Morgan fingerprint density at radius 1 is 1.57 bits per heavy atom. The summed E-state index contributed by atoms with van der Waals surface area (Å²) in [7, 11) is 2.09. The second kappa shape index (κ2) is 3.71. The van der Waals surface area contributed by atoms with E-state index in [1.165, 1.54) is 0 Å². The third-order valence-corrected chi connectivity index (χ3v) is 2.71. The Bertz CT molecular complexity index is 300. The average Bonchev–Trinajstić information content (AvgIpc) is 2.50. The second-order valence-corrected chi connectivity index (χ2v) is 4.28. The highest BCUT2D eigenvalue weighted by molar-refractivity contribution is 5.10. The molecule has 0 bridgehead atoms. The van der Waals surface area contributed by atoms with Gasteiger partial charge in [-0.05, 0) is 20.4 Å². The van der Waals surface area contributed by atoms with Gasteiger partial charge in [0.05, 0.1) is 5.69 Å². The molecule has 1 fully saturated rings. The van der Waals surface area contributed by atoms with Gasteiger partial charge >= 0.3 is 0 Å². The fourth-order valence-corrected chi connectivity index (χ4v) is 2.15. The number of aromatic nitrogens is 1. The Morgan fingerprint density at radius 2 is 2.36 bits per heavy atom. The van der Waals surface area contributed by atoms with Crippen LogP contribution < -0.4 is 5.73 Å². The van der Waals surface area contributed by atoms with Crippen molar-refractivity contribution in [3.63, 3.8) is 0 Å². The van der Waals surface area contributed by atoms with Gasteiger partial charge in [-0.15, -0.1) is 0 Å². The lowest BCUT2D eigenvalue weighted by atomic mass is 9.93. The molecule has 0 aliphatic carbocycles. The minimum absolute atomic E-state index is 0.254. The van der Waals surface area contributed by atoms with Crippen LogP contribution in [0.4, 0.5) is 0 Å². The van der Waals surface area contributed by atoms with E-state index in [1.807, 2.05) is 13.0 Å². The maximum atomic E-state index is 5.96. The quantitative estimate of drug-likeness (QED) is 0.717. The van der Waals surface area contributed by atoms with E-state index < -0.39 is 0 Å². The number of hydrogen-bond acceptors (Lipinski definition) is 4. The number of likely N-dealkylation sites (tertiary alicyclic amines) is 1. The first-order valence-corrected chi connectivity index (χ1v) is 5.02. The first-order valence-electron chi connectivity index (χ1n) is 5.02. The van der Waals surface area contributed by atoms with Crippen molar-refractivity contribution in [2.45, 2.75) is 25.3 Å². The molecule has 78 valence electrons. The summed E-state index contributed by atoms with van der Waals surface area (Å²) in [6.07, 6.45) is 0.999. The largest absolute Gasteiger partial charge is 0.361 e. The molecule has 1 aromatic rings. The van der Waals surface area contributed by atoms with E-state index in [1.54, 1.807) is 0 Å². The SMILES string of the molecule is Cc1cc(C2CC(N)CN(C)C2)on1. The maximum absolute atomic E-state index is 5.96. The van der Waals surface area contributed by atoms with Crippen LogP contribution in [0.3, 0.4) is 0 Å². The highest BCUT2D eigenvalue weighted by Gasteiger charge is 2.26. The number of nitrogens with two attached hydrogens (primary N) is 1. The van der Waals surface area contributed by atoms with Crippen LogP contribution in [0.2, 0.25) is 0 Å². The molecule has 0 radical (unpaired) electrons. The summed E-state index contributed by atoms with van der Waals surface area (Å²) in [5, 5.41) is 3.91. The molecular formula is C10H17N3O. The summed E-state index contributed by atoms with van der Waals surface area (Å²) >= 11 is 0. The molecule has 4 heteroatoms. The fourth-order valence-electron chi connectivity index (χ4n) is 2.15. The number of hydrogen-bond donors (Lipinski definition) is 1. The molecule has 2 rings (SSSR count). The molecular weight excluding hydrogens is 178 g/mol. The lowest BCUT2D eigenvalue weighted by molar-refractivity contribution is 0.204. The zero-order chi connectivity index (χ0) is 10.1. The summed E-state index contributed by atoms with van der Waals surface area (Å²) in [5.41, 5.74) is 6.90. The molecule has 0 aromatic carbocycles. The van der Waals surface area contributed by atoms with E-state index in [0.29, 0.717) is 5.92 Å².